The van der Waals surface area contributed by atoms with Crippen LogP contribution < -0.4 is 10.5 Å². The fourth-order valence-corrected chi connectivity index (χ4v) is 12.3. The molecule has 0 aliphatic heterocycles. The van der Waals surface area contributed by atoms with Gasteiger partial charge in [-0.2, -0.15) is 0 Å². The maximum atomic E-state index is 13.2. The average Bonchev–Trinajstić information content (AvgIpc) is 3.75. The Bertz CT molecular complexity index is 2480. The van der Waals surface area contributed by atoms with E-state index in [2.05, 4.69) is 15.9 Å². The molecule has 51 heavy (non-hydrogen) atoms. The smallest absolute Gasteiger partial charge is 0.216 e. The number of ether oxygens (including phenoxy) is 1. The molecule has 0 aliphatic carbocycles. The summed E-state index contributed by atoms with van der Waals surface area (Å²) in [5.74, 6) is 0.547. The summed E-state index contributed by atoms with van der Waals surface area (Å²) in [5.41, 5.74) is 6.66. The van der Waals surface area contributed by atoms with Crippen molar-refractivity contribution in [3.63, 3.8) is 0 Å². The summed E-state index contributed by atoms with van der Waals surface area (Å²) in [6, 6.07) is 21.7. The zero-order valence-corrected chi connectivity index (χ0v) is 35.0. The average molecular weight is 897 g/mol. The highest BCUT2D eigenvalue weighted by Crippen LogP contribution is 2.36. The molecule has 0 bridgehead atoms. The zero-order chi connectivity index (χ0) is 37.1. The van der Waals surface area contributed by atoms with E-state index < -0.39 is 39.3 Å². The number of rotatable bonds is 11. The summed E-state index contributed by atoms with van der Waals surface area (Å²) in [4.78, 5) is 1.48. The molecule has 18 heteroatoms. The number of hydrogen-bond acceptors (Lipinski definition) is 12. The van der Waals surface area contributed by atoms with Gasteiger partial charge in [-0.05, 0) is 85.6 Å². The molecule has 3 aromatic carbocycles. The van der Waals surface area contributed by atoms with Crippen molar-refractivity contribution in [2.45, 2.75) is 54.8 Å². The lowest BCUT2D eigenvalue weighted by molar-refractivity contribution is 0.341. The summed E-state index contributed by atoms with van der Waals surface area (Å²) < 4.78 is 106. The summed E-state index contributed by atoms with van der Waals surface area (Å²) in [7, 11) is -14.7. The molecule has 0 aliphatic rings. The number of hydrogen-bond donors (Lipinski definition) is 1. The van der Waals surface area contributed by atoms with Crippen molar-refractivity contribution in [1.82, 2.24) is 0 Å². The van der Waals surface area contributed by atoms with Crippen LogP contribution in [0.2, 0.25) is 0 Å². The molecule has 0 spiro atoms. The lowest BCUT2D eigenvalue weighted by Crippen LogP contribution is -2.05. The van der Waals surface area contributed by atoms with E-state index in [0.717, 1.165) is 40.0 Å². The van der Waals surface area contributed by atoms with Gasteiger partial charge in [0.2, 0.25) is 19.7 Å². The van der Waals surface area contributed by atoms with E-state index >= 15 is 0 Å². The van der Waals surface area contributed by atoms with Crippen LogP contribution in [-0.4, -0.2) is 52.8 Å². The molecule has 5 aromatic rings. The number of para-hydroxylation sites is 1. The summed E-state index contributed by atoms with van der Waals surface area (Å²) in [6.45, 7) is 4.44. The summed E-state index contributed by atoms with van der Waals surface area (Å²) in [6.07, 6.45) is 2.85. The van der Waals surface area contributed by atoms with Crippen molar-refractivity contribution in [3.8, 4) is 16.9 Å². The van der Waals surface area contributed by atoms with Crippen molar-refractivity contribution in [1.29, 1.82) is 0 Å². The van der Waals surface area contributed by atoms with Gasteiger partial charge in [-0.3, -0.25) is 0 Å². The Balaban J connectivity index is 0.000000284. The summed E-state index contributed by atoms with van der Waals surface area (Å²) >= 11 is 5.44. The minimum absolute atomic E-state index is 0. The minimum Gasteiger partial charge on any atom is -0.493 e. The number of nitrogens with two attached hydrogens (primary N) is 1. The predicted octanol–water partition coefficient (Wildman–Crippen LogP) is 7.24. The number of halogens is 2. The first-order valence-corrected chi connectivity index (χ1v) is 23.9. The maximum absolute atomic E-state index is 13.2. The quantitative estimate of drug-likeness (QED) is 0.143. The molecule has 2 N–H and O–H groups in total. The van der Waals surface area contributed by atoms with Gasteiger partial charge in [0.1, 0.15) is 14.2 Å². The first-order chi connectivity index (χ1) is 23.3. The monoisotopic (exact) mass is 895 g/mol. The van der Waals surface area contributed by atoms with Gasteiger partial charge in [0.05, 0.1) is 26.2 Å². The molecule has 0 saturated carbocycles. The minimum atomic E-state index is -3.91. The van der Waals surface area contributed by atoms with Crippen molar-refractivity contribution in [2.75, 3.05) is 19.1 Å². The van der Waals surface area contributed by atoms with Crippen LogP contribution in [0.3, 0.4) is 0 Å². The van der Waals surface area contributed by atoms with E-state index in [0.29, 0.717) is 28.0 Å². The Kier molecular flexibility index (Phi) is 14.3. The van der Waals surface area contributed by atoms with E-state index in [4.69, 9.17) is 10.5 Å². The van der Waals surface area contributed by atoms with Gasteiger partial charge in [-0.15, -0.1) is 35.1 Å². The lowest BCUT2D eigenvalue weighted by atomic mass is 10.0. The molecule has 5 rings (SSSR count). The molecule has 10 nitrogen and oxygen atoms in total. The number of sulfone groups is 4. The third-order valence-corrected chi connectivity index (χ3v) is 16.5. The van der Waals surface area contributed by atoms with E-state index in [-0.39, 0.29) is 47.0 Å². The molecule has 0 saturated heterocycles. The first-order valence-electron chi connectivity index (χ1n) is 14.8. The lowest BCUT2D eigenvalue weighted by Gasteiger charge is -2.13. The normalized spacial score (nSPS) is 12.0. The van der Waals surface area contributed by atoms with Crippen LogP contribution in [-0.2, 0) is 52.3 Å². The number of benzene rings is 3. The van der Waals surface area contributed by atoms with Crippen molar-refractivity contribution in [2.24, 2.45) is 5.73 Å². The highest BCUT2D eigenvalue weighted by atomic mass is 79.9. The second kappa shape index (κ2) is 17.0. The zero-order valence-electron chi connectivity index (χ0n) is 27.7. The van der Waals surface area contributed by atoms with Crippen molar-refractivity contribution in [3.05, 3.63) is 99.2 Å². The highest BCUT2D eigenvalue weighted by molar-refractivity contribution is 9.10. The maximum Gasteiger partial charge on any atom is 0.216 e. The largest absolute Gasteiger partial charge is 0.493 e. The molecule has 0 fully saturated rings. The molecule has 0 atom stereocenters. The predicted molar refractivity (Wildman–Crippen MR) is 207 cm³/mol. The van der Waals surface area contributed by atoms with Crippen molar-refractivity contribution >= 4 is 90.4 Å². The first kappa shape index (κ1) is 42.8. The highest BCUT2D eigenvalue weighted by Gasteiger charge is 2.25. The Morgan fingerprint density at radius 2 is 1.12 bits per heavy atom. The standard InChI is InChI=1S/C20H21NO5S3.C13H13BrO4S3.ClH/c1-3-26-19-7-5-4-6-18(19)14-10-16(28(2,22)23)12-17(11-14)29(24,25)20-9-8-15(13-21)27-20;1-3-10-4-5-13(19-10)21(17,18)12-7-9(14)6-11(8-12)20(2,15)16;/h4-12H,3,13,21H2,1-2H3;4-8H,3H2,1-2H3;1H. The SMILES string of the molecule is CCOc1ccccc1-c1cc(S(C)(=O)=O)cc(S(=O)(=O)c2ccc(CN)s2)c1.CCc1ccc(S(=O)(=O)c2cc(Br)cc(S(C)(=O)=O)c2)s1.Cl. The van der Waals surface area contributed by atoms with Gasteiger partial charge in [0, 0.05) is 38.8 Å². The Morgan fingerprint density at radius 3 is 1.61 bits per heavy atom. The molecular formula is C33H35BrClNO9S6. The van der Waals surface area contributed by atoms with Gasteiger partial charge in [0.15, 0.2) is 19.7 Å². The fourth-order valence-electron chi connectivity index (χ4n) is 4.53. The van der Waals surface area contributed by atoms with E-state index in [1.807, 2.05) is 13.8 Å². The second-order valence-corrected chi connectivity index (χ2v) is 22.4. The van der Waals surface area contributed by atoms with Crippen LogP contribution in [0.5, 0.6) is 5.75 Å². The van der Waals surface area contributed by atoms with Crippen LogP contribution >= 0.6 is 51.0 Å². The fraction of sp³-hybridized carbons (Fsp3) is 0.212. The number of thiophene rings is 2. The van der Waals surface area contributed by atoms with Crippen LogP contribution in [0.1, 0.15) is 23.6 Å². The molecule has 0 unspecified atom stereocenters. The van der Waals surface area contributed by atoms with Crippen LogP contribution in [0.15, 0.2) is 117 Å². The van der Waals surface area contributed by atoms with Crippen LogP contribution in [0.4, 0.5) is 0 Å². The van der Waals surface area contributed by atoms with Gasteiger partial charge in [-0.1, -0.05) is 41.1 Å². The summed E-state index contributed by atoms with van der Waals surface area (Å²) in [5, 5.41) is 0. The van der Waals surface area contributed by atoms with E-state index in [1.54, 1.807) is 42.5 Å². The van der Waals surface area contributed by atoms with Crippen molar-refractivity contribution < 1.29 is 38.4 Å². The number of aryl methyl sites for hydroxylation is 1. The third kappa shape index (κ3) is 10.3. The van der Waals surface area contributed by atoms with E-state index in [9.17, 15) is 33.7 Å². The van der Waals surface area contributed by atoms with Gasteiger partial charge in [-0.25, -0.2) is 33.7 Å². The molecule has 276 valence electrons. The Labute approximate surface area is 321 Å². The van der Waals surface area contributed by atoms with Crippen LogP contribution in [0.25, 0.3) is 11.1 Å². The Morgan fingerprint density at radius 1 is 0.647 bits per heavy atom. The van der Waals surface area contributed by atoms with Gasteiger partial charge >= 0.3 is 0 Å². The van der Waals surface area contributed by atoms with Crippen LogP contribution in [0, 0.1) is 0 Å². The molecule has 2 aromatic heterocycles. The molecule has 2 heterocycles. The molecule has 0 amide bonds. The van der Waals surface area contributed by atoms with Gasteiger partial charge < -0.3 is 10.5 Å². The topological polar surface area (TPSA) is 172 Å². The van der Waals surface area contributed by atoms with Gasteiger partial charge in [0.25, 0.3) is 0 Å². The molecule has 0 radical (unpaired) electrons. The third-order valence-electron chi connectivity index (χ3n) is 7.05. The second-order valence-electron chi connectivity index (χ2n) is 10.8. The van der Waals surface area contributed by atoms with E-state index in [1.165, 1.54) is 53.8 Å². The Hall–Kier alpha value is -2.61. The molecular weight excluding hydrogens is 862 g/mol.